The summed E-state index contributed by atoms with van der Waals surface area (Å²) in [6, 6.07) is 10.8. The Morgan fingerprint density at radius 1 is 1.09 bits per heavy atom. The van der Waals surface area contributed by atoms with E-state index < -0.39 is 21.9 Å². The third-order valence-corrected chi connectivity index (χ3v) is 7.87. The molecule has 174 valence electrons. The lowest BCUT2D eigenvalue weighted by molar-refractivity contribution is -0.123. The largest absolute Gasteiger partial charge is 0.497 e. The number of carbonyl (C=O) groups is 1. The van der Waals surface area contributed by atoms with Gasteiger partial charge in [-0.2, -0.15) is 0 Å². The van der Waals surface area contributed by atoms with Gasteiger partial charge in [0.15, 0.2) is 0 Å². The molecule has 4 atom stereocenters. The summed E-state index contributed by atoms with van der Waals surface area (Å²) in [5.41, 5.74) is 0.636. The van der Waals surface area contributed by atoms with Crippen molar-refractivity contribution in [3.8, 4) is 5.75 Å². The Kier molecular flexibility index (Phi) is 7.90. The van der Waals surface area contributed by atoms with E-state index in [-0.39, 0.29) is 23.3 Å². The van der Waals surface area contributed by atoms with Crippen molar-refractivity contribution in [1.29, 1.82) is 0 Å². The third kappa shape index (κ3) is 6.07. The first kappa shape index (κ1) is 24.2. The third-order valence-electron chi connectivity index (χ3n) is 6.38. The van der Waals surface area contributed by atoms with Gasteiger partial charge < -0.3 is 10.1 Å². The fourth-order valence-electron chi connectivity index (χ4n) is 4.17. The molecule has 0 spiro atoms. The summed E-state index contributed by atoms with van der Waals surface area (Å²) in [5, 5.41) is 3.11. The average molecular weight is 463 g/mol. The first-order chi connectivity index (χ1) is 15.2. The fourth-order valence-corrected chi connectivity index (χ4v) is 5.39. The first-order valence-corrected chi connectivity index (χ1v) is 12.4. The minimum absolute atomic E-state index is 0.0512. The lowest BCUT2D eigenvalue weighted by Crippen LogP contribution is -2.45. The Morgan fingerprint density at radius 3 is 2.38 bits per heavy atom. The summed E-state index contributed by atoms with van der Waals surface area (Å²) < 4.78 is 46.9. The molecule has 32 heavy (non-hydrogen) atoms. The molecule has 0 radical (unpaired) electrons. The van der Waals surface area contributed by atoms with Crippen LogP contribution in [0.3, 0.4) is 0 Å². The van der Waals surface area contributed by atoms with Crippen LogP contribution in [-0.2, 0) is 14.8 Å². The van der Waals surface area contributed by atoms with Crippen LogP contribution in [0.25, 0.3) is 0 Å². The van der Waals surface area contributed by atoms with Gasteiger partial charge in [-0.3, -0.25) is 4.79 Å². The number of amides is 1. The zero-order valence-corrected chi connectivity index (χ0v) is 19.5. The van der Waals surface area contributed by atoms with Gasteiger partial charge in [0.25, 0.3) is 0 Å². The quantitative estimate of drug-likeness (QED) is 0.616. The number of carbonyl (C=O) groups excluding carboxylic acids is 1. The summed E-state index contributed by atoms with van der Waals surface area (Å²) in [4.78, 5) is 12.9. The SMILES string of the molecule is COc1ccc([C@H](CC(=O)N[C@@H]2CCC[C@H](C)[C@H]2C)NS(=O)(=O)c2ccc(F)cc2)cc1. The van der Waals surface area contributed by atoms with Crippen molar-refractivity contribution in [3.63, 3.8) is 0 Å². The second kappa shape index (κ2) is 10.4. The summed E-state index contributed by atoms with van der Waals surface area (Å²) in [6.45, 7) is 4.34. The minimum atomic E-state index is -3.97. The van der Waals surface area contributed by atoms with Crippen LogP contribution in [0, 0.1) is 17.7 Å². The number of rotatable bonds is 8. The topological polar surface area (TPSA) is 84.5 Å². The summed E-state index contributed by atoms with van der Waals surface area (Å²) >= 11 is 0. The molecule has 2 aromatic rings. The van der Waals surface area contributed by atoms with Crippen LogP contribution in [0.2, 0.25) is 0 Å². The van der Waals surface area contributed by atoms with Crippen LogP contribution in [0.5, 0.6) is 5.75 Å². The van der Waals surface area contributed by atoms with E-state index in [1.54, 1.807) is 31.4 Å². The molecular weight excluding hydrogens is 431 g/mol. The normalized spacial score (nSPS) is 22.2. The van der Waals surface area contributed by atoms with E-state index in [0.717, 1.165) is 31.4 Å². The van der Waals surface area contributed by atoms with Gasteiger partial charge in [0, 0.05) is 12.5 Å². The molecular formula is C24H31FN2O4S. The molecule has 6 nitrogen and oxygen atoms in total. The minimum Gasteiger partial charge on any atom is -0.497 e. The van der Waals surface area contributed by atoms with E-state index >= 15 is 0 Å². The van der Waals surface area contributed by atoms with Gasteiger partial charge in [-0.1, -0.05) is 38.8 Å². The maximum Gasteiger partial charge on any atom is 0.241 e. The predicted molar refractivity (Wildman–Crippen MR) is 121 cm³/mol. The number of nitrogens with one attached hydrogen (secondary N) is 2. The molecule has 8 heteroatoms. The predicted octanol–water partition coefficient (Wildman–Crippen LogP) is 4.18. The number of ether oxygens (including phenoxy) is 1. The van der Waals surface area contributed by atoms with Crippen molar-refractivity contribution < 1.29 is 22.3 Å². The van der Waals surface area contributed by atoms with E-state index in [1.165, 1.54) is 12.1 Å². The molecule has 1 saturated carbocycles. The Morgan fingerprint density at radius 2 is 1.75 bits per heavy atom. The summed E-state index contributed by atoms with van der Waals surface area (Å²) in [7, 11) is -2.42. The molecule has 1 amide bonds. The van der Waals surface area contributed by atoms with Crippen molar-refractivity contribution in [2.75, 3.05) is 7.11 Å². The maximum absolute atomic E-state index is 13.2. The fraction of sp³-hybridized carbons (Fsp3) is 0.458. The summed E-state index contributed by atoms with van der Waals surface area (Å²) in [6.07, 6.45) is 3.09. The first-order valence-electron chi connectivity index (χ1n) is 10.9. The molecule has 3 rings (SSSR count). The van der Waals surface area contributed by atoms with Crippen LogP contribution >= 0.6 is 0 Å². The molecule has 2 aromatic carbocycles. The van der Waals surface area contributed by atoms with Crippen LogP contribution in [0.4, 0.5) is 4.39 Å². The van der Waals surface area contributed by atoms with E-state index in [1.807, 2.05) is 0 Å². The lowest BCUT2D eigenvalue weighted by Gasteiger charge is -2.35. The Bertz CT molecular complexity index is 1010. The number of sulfonamides is 1. The molecule has 2 N–H and O–H groups in total. The number of methoxy groups -OCH3 is 1. The van der Waals surface area contributed by atoms with Crippen molar-refractivity contribution >= 4 is 15.9 Å². The molecule has 1 aliphatic rings. The van der Waals surface area contributed by atoms with Gasteiger partial charge in [-0.15, -0.1) is 0 Å². The molecule has 1 aliphatic carbocycles. The molecule has 0 saturated heterocycles. The molecule has 0 heterocycles. The van der Waals surface area contributed by atoms with Gasteiger partial charge in [0.1, 0.15) is 11.6 Å². The zero-order valence-electron chi connectivity index (χ0n) is 18.7. The lowest BCUT2D eigenvalue weighted by atomic mass is 9.78. The van der Waals surface area contributed by atoms with Gasteiger partial charge in [-0.25, -0.2) is 17.5 Å². The number of benzene rings is 2. The van der Waals surface area contributed by atoms with Crippen LogP contribution < -0.4 is 14.8 Å². The van der Waals surface area contributed by atoms with Crippen molar-refractivity contribution in [1.82, 2.24) is 10.0 Å². The van der Waals surface area contributed by atoms with Crippen LogP contribution in [-0.4, -0.2) is 27.5 Å². The van der Waals surface area contributed by atoms with Gasteiger partial charge in [-0.05, 0) is 60.2 Å². The highest BCUT2D eigenvalue weighted by atomic mass is 32.2. The smallest absolute Gasteiger partial charge is 0.241 e. The second-order valence-electron chi connectivity index (χ2n) is 8.55. The maximum atomic E-state index is 13.2. The van der Waals surface area contributed by atoms with Gasteiger partial charge in [0.2, 0.25) is 15.9 Å². The van der Waals surface area contributed by atoms with E-state index in [4.69, 9.17) is 4.74 Å². The number of hydrogen-bond donors (Lipinski definition) is 2. The van der Waals surface area contributed by atoms with E-state index in [9.17, 15) is 17.6 Å². The molecule has 0 unspecified atom stereocenters. The van der Waals surface area contributed by atoms with Crippen LogP contribution in [0.1, 0.15) is 51.1 Å². The highest BCUT2D eigenvalue weighted by Crippen LogP contribution is 2.30. The number of hydrogen-bond acceptors (Lipinski definition) is 4. The van der Waals surface area contributed by atoms with Gasteiger partial charge >= 0.3 is 0 Å². The van der Waals surface area contributed by atoms with Crippen molar-refractivity contribution in [3.05, 3.63) is 59.9 Å². The molecule has 0 bridgehead atoms. The average Bonchev–Trinajstić information content (AvgIpc) is 2.76. The molecule has 0 aliphatic heterocycles. The second-order valence-corrected chi connectivity index (χ2v) is 10.3. The standard InChI is InChI=1S/C24H31FN2O4S/c1-16-5-4-6-22(17(16)2)26-24(28)15-23(18-7-11-20(31-3)12-8-18)27-32(29,30)21-13-9-19(25)10-14-21/h7-14,16-17,22-23,27H,4-6,15H2,1-3H3,(H,26,28)/t16-,17+,22+,23-/m0/s1. The van der Waals surface area contributed by atoms with Gasteiger partial charge in [0.05, 0.1) is 18.0 Å². The Hall–Kier alpha value is -2.45. The molecule has 0 aromatic heterocycles. The summed E-state index contributed by atoms with van der Waals surface area (Å²) in [5.74, 6) is 0.791. The Balaban J connectivity index is 1.80. The highest BCUT2D eigenvalue weighted by molar-refractivity contribution is 7.89. The van der Waals surface area contributed by atoms with Crippen LogP contribution in [0.15, 0.2) is 53.4 Å². The van der Waals surface area contributed by atoms with E-state index in [0.29, 0.717) is 23.1 Å². The van der Waals surface area contributed by atoms with E-state index in [2.05, 4.69) is 23.9 Å². The van der Waals surface area contributed by atoms with Crippen molar-refractivity contribution in [2.45, 2.75) is 56.5 Å². The van der Waals surface area contributed by atoms with Crippen molar-refractivity contribution in [2.24, 2.45) is 11.8 Å². The highest BCUT2D eigenvalue weighted by Gasteiger charge is 2.30. The Labute approximate surface area is 189 Å². The zero-order chi connectivity index (χ0) is 23.3. The monoisotopic (exact) mass is 462 g/mol. The molecule has 1 fully saturated rings. The number of halogens is 1.